The zero-order chi connectivity index (χ0) is 17.3. The number of carbonyl (C=O) groups excluding carboxylic acids is 1. The van der Waals surface area contributed by atoms with Crippen LogP contribution in [0, 0.1) is 11.7 Å². The third kappa shape index (κ3) is 4.26. The van der Waals surface area contributed by atoms with Gasteiger partial charge in [-0.25, -0.2) is 4.39 Å². The zero-order valence-electron chi connectivity index (χ0n) is 13.3. The Morgan fingerprint density at radius 3 is 2.60 bits per heavy atom. The van der Waals surface area contributed by atoms with Gasteiger partial charge in [0, 0.05) is 18.7 Å². The van der Waals surface area contributed by atoms with Gasteiger partial charge in [-0.05, 0) is 60.3 Å². The van der Waals surface area contributed by atoms with Crippen molar-refractivity contribution >= 4 is 41.5 Å². The Bertz CT molecular complexity index is 785. The molecule has 1 fully saturated rings. The maximum Gasteiger partial charge on any atom is 0.254 e. The minimum Gasteiger partial charge on any atom is -0.338 e. The van der Waals surface area contributed by atoms with Crippen LogP contribution in [-0.2, 0) is 0 Å². The fourth-order valence-corrected chi connectivity index (χ4v) is 3.28. The number of benzene rings is 2. The lowest BCUT2D eigenvalue weighted by Crippen LogP contribution is -2.30. The van der Waals surface area contributed by atoms with Gasteiger partial charge in [0.05, 0.1) is 10.0 Å². The highest BCUT2D eigenvalue weighted by Gasteiger charge is 2.27. The first-order valence-corrected chi connectivity index (χ1v) is 8.49. The molecule has 1 aliphatic rings. The van der Waals surface area contributed by atoms with Gasteiger partial charge in [-0.2, -0.15) is 0 Å². The van der Waals surface area contributed by atoms with Gasteiger partial charge in [0.15, 0.2) is 0 Å². The predicted octanol–water partition coefficient (Wildman–Crippen LogP) is 4.64. The maximum atomic E-state index is 13.8. The Balaban J connectivity index is 0.00000225. The van der Waals surface area contributed by atoms with E-state index in [0.717, 1.165) is 6.42 Å². The van der Waals surface area contributed by atoms with E-state index in [1.807, 2.05) is 0 Å². The Labute approximate surface area is 162 Å². The van der Waals surface area contributed by atoms with E-state index in [1.165, 1.54) is 18.2 Å². The van der Waals surface area contributed by atoms with Crippen molar-refractivity contribution in [3.05, 3.63) is 57.8 Å². The third-order valence-electron chi connectivity index (χ3n) is 4.35. The van der Waals surface area contributed by atoms with Crippen molar-refractivity contribution in [3.8, 4) is 11.1 Å². The van der Waals surface area contributed by atoms with Crippen molar-refractivity contribution in [2.24, 2.45) is 11.7 Å². The van der Waals surface area contributed by atoms with Crippen LogP contribution in [0.3, 0.4) is 0 Å². The second kappa shape index (κ2) is 8.37. The molecule has 1 saturated heterocycles. The van der Waals surface area contributed by atoms with Crippen LogP contribution < -0.4 is 5.73 Å². The fraction of sp³-hybridized carbons (Fsp3) is 0.278. The quantitative estimate of drug-likeness (QED) is 0.811. The number of nitrogens with zero attached hydrogens (tertiary/aromatic N) is 1. The number of carbonyl (C=O) groups is 1. The summed E-state index contributed by atoms with van der Waals surface area (Å²) in [5, 5.41) is 0.774. The van der Waals surface area contributed by atoms with E-state index >= 15 is 0 Å². The number of likely N-dealkylation sites (tertiary alicyclic amines) is 1. The molecule has 25 heavy (non-hydrogen) atoms. The van der Waals surface area contributed by atoms with Crippen LogP contribution in [0.15, 0.2) is 36.4 Å². The van der Waals surface area contributed by atoms with Gasteiger partial charge in [0.2, 0.25) is 0 Å². The first-order valence-electron chi connectivity index (χ1n) is 7.74. The summed E-state index contributed by atoms with van der Waals surface area (Å²) in [6.07, 6.45) is 0.894. The Kier molecular flexibility index (Phi) is 6.69. The molecule has 0 radical (unpaired) electrons. The van der Waals surface area contributed by atoms with Gasteiger partial charge in [-0.15, -0.1) is 12.4 Å². The second-order valence-electron chi connectivity index (χ2n) is 5.96. The molecular formula is C18H18Cl3FN2O. The van der Waals surface area contributed by atoms with E-state index in [0.29, 0.717) is 52.3 Å². The number of halogens is 4. The highest BCUT2D eigenvalue weighted by molar-refractivity contribution is 6.42. The molecule has 3 nitrogen and oxygen atoms in total. The SMILES string of the molecule is Cl.NCC1CCN(C(=O)c2ccc(F)cc2-c2ccc(Cl)c(Cl)c2)C1. The van der Waals surface area contributed by atoms with E-state index in [-0.39, 0.29) is 18.3 Å². The number of amides is 1. The smallest absolute Gasteiger partial charge is 0.254 e. The van der Waals surface area contributed by atoms with Crippen LogP contribution in [0.1, 0.15) is 16.8 Å². The van der Waals surface area contributed by atoms with Crippen LogP contribution in [0.25, 0.3) is 11.1 Å². The van der Waals surface area contributed by atoms with Gasteiger partial charge in [0.25, 0.3) is 5.91 Å². The second-order valence-corrected chi connectivity index (χ2v) is 6.77. The average Bonchev–Trinajstić information content (AvgIpc) is 3.06. The van der Waals surface area contributed by atoms with Crippen LogP contribution in [0.5, 0.6) is 0 Å². The summed E-state index contributed by atoms with van der Waals surface area (Å²) >= 11 is 12.0. The van der Waals surface area contributed by atoms with Gasteiger partial charge in [0.1, 0.15) is 5.82 Å². The molecule has 1 unspecified atom stereocenters. The molecule has 0 bridgehead atoms. The van der Waals surface area contributed by atoms with E-state index in [1.54, 1.807) is 23.1 Å². The summed E-state index contributed by atoms with van der Waals surface area (Å²) < 4.78 is 13.8. The van der Waals surface area contributed by atoms with E-state index in [9.17, 15) is 9.18 Å². The number of nitrogens with two attached hydrogens (primary N) is 1. The lowest BCUT2D eigenvalue weighted by Gasteiger charge is -2.19. The molecule has 0 spiro atoms. The van der Waals surface area contributed by atoms with Gasteiger partial charge < -0.3 is 10.6 Å². The molecule has 1 heterocycles. The topological polar surface area (TPSA) is 46.3 Å². The monoisotopic (exact) mass is 402 g/mol. The van der Waals surface area contributed by atoms with Crippen molar-refractivity contribution in [2.75, 3.05) is 19.6 Å². The summed E-state index contributed by atoms with van der Waals surface area (Å²) in [5.41, 5.74) is 7.31. The minimum absolute atomic E-state index is 0. The Morgan fingerprint density at radius 2 is 1.96 bits per heavy atom. The van der Waals surface area contributed by atoms with E-state index in [2.05, 4.69) is 0 Å². The summed E-state index contributed by atoms with van der Waals surface area (Å²) in [7, 11) is 0. The fourth-order valence-electron chi connectivity index (χ4n) is 2.99. The molecule has 1 amide bonds. The van der Waals surface area contributed by atoms with Gasteiger partial charge >= 0.3 is 0 Å². The molecule has 2 aromatic rings. The summed E-state index contributed by atoms with van der Waals surface area (Å²) in [4.78, 5) is 14.6. The summed E-state index contributed by atoms with van der Waals surface area (Å²) in [5.74, 6) is -0.205. The van der Waals surface area contributed by atoms with Gasteiger partial charge in [-0.3, -0.25) is 4.79 Å². The number of hydrogen-bond acceptors (Lipinski definition) is 2. The van der Waals surface area contributed by atoms with Crippen molar-refractivity contribution < 1.29 is 9.18 Å². The minimum atomic E-state index is -0.408. The number of hydrogen-bond donors (Lipinski definition) is 1. The molecule has 134 valence electrons. The Morgan fingerprint density at radius 1 is 1.20 bits per heavy atom. The van der Waals surface area contributed by atoms with Crippen LogP contribution in [0.4, 0.5) is 4.39 Å². The molecule has 2 aromatic carbocycles. The van der Waals surface area contributed by atoms with Crippen LogP contribution in [-0.4, -0.2) is 30.4 Å². The maximum absolute atomic E-state index is 13.8. The first kappa shape index (κ1) is 20.0. The van der Waals surface area contributed by atoms with Crippen molar-refractivity contribution in [2.45, 2.75) is 6.42 Å². The standard InChI is InChI=1S/C18H17Cl2FN2O.ClH/c19-16-4-1-12(7-17(16)20)15-8-13(21)2-3-14(15)18(24)23-6-5-11(9-22)10-23;/h1-4,7-8,11H,5-6,9-10,22H2;1H. The molecule has 1 atom stereocenters. The first-order chi connectivity index (χ1) is 11.5. The van der Waals surface area contributed by atoms with Crippen LogP contribution >= 0.6 is 35.6 Å². The van der Waals surface area contributed by atoms with E-state index < -0.39 is 5.82 Å². The summed E-state index contributed by atoms with van der Waals surface area (Å²) in [6, 6.07) is 9.17. The highest BCUT2D eigenvalue weighted by Crippen LogP contribution is 2.32. The van der Waals surface area contributed by atoms with E-state index in [4.69, 9.17) is 28.9 Å². The number of rotatable bonds is 3. The molecule has 0 saturated carbocycles. The highest BCUT2D eigenvalue weighted by atomic mass is 35.5. The van der Waals surface area contributed by atoms with Crippen molar-refractivity contribution in [3.63, 3.8) is 0 Å². The molecular weight excluding hydrogens is 386 g/mol. The summed E-state index contributed by atoms with van der Waals surface area (Å²) in [6.45, 7) is 1.86. The molecule has 0 aromatic heterocycles. The Hall–Kier alpha value is -1.33. The lowest BCUT2D eigenvalue weighted by atomic mass is 9.98. The molecule has 7 heteroatoms. The predicted molar refractivity (Wildman–Crippen MR) is 102 cm³/mol. The average molecular weight is 404 g/mol. The largest absolute Gasteiger partial charge is 0.338 e. The van der Waals surface area contributed by atoms with Crippen molar-refractivity contribution in [1.82, 2.24) is 4.90 Å². The lowest BCUT2D eigenvalue weighted by molar-refractivity contribution is 0.0788. The third-order valence-corrected chi connectivity index (χ3v) is 5.09. The molecule has 3 rings (SSSR count). The molecule has 1 aliphatic heterocycles. The molecule has 0 aliphatic carbocycles. The normalized spacial score (nSPS) is 16.6. The van der Waals surface area contributed by atoms with Crippen LogP contribution in [0.2, 0.25) is 10.0 Å². The van der Waals surface area contributed by atoms with Crippen molar-refractivity contribution in [1.29, 1.82) is 0 Å². The van der Waals surface area contributed by atoms with Gasteiger partial charge in [-0.1, -0.05) is 29.3 Å². The zero-order valence-corrected chi connectivity index (χ0v) is 15.7. The molecule has 2 N–H and O–H groups in total.